The summed E-state index contributed by atoms with van der Waals surface area (Å²) >= 11 is 1.48. The zero-order valence-electron chi connectivity index (χ0n) is 18.8. The van der Waals surface area contributed by atoms with Crippen LogP contribution in [-0.4, -0.2) is 38.9 Å². The van der Waals surface area contributed by atoms with Gasteiger partial charge in [0.25, 0.3) is 5.91 Å². The van der Waals surface area contributed by atoms with Gasteiger partial charge >= 0.3 is 0 Å². The third-order valence-electron chi connectivity index (χ3n) is 5.00. The number of hydrogen-bond donors (Lipinski definition) is 3. The molecule has 3 aromatic heterocycles. The normalized spacial score (nSPS) is 10.6. The zero-order chi connectivity index (χ0) is 23.9. The zero-order valence-corrected chi connectivity index (χ0v) is 19.6. The maximum atomic E-state index is 12.6. The third kappa shape index (κ3) is 5.46. The van der Waals surface area contributed by atoms with Crippen LogP contribution in [0, 0.1) is 0 Å². The van der Waals surface area contributed by atoms with Gasteiger partial charge in [0.15, 0.2) is 0 Å². The van der Waals surface area contributed by atoms with Gasteiger partial charge in [-0.15, -0.1) is 11.3 Å². The van der Waals surface area contributed by atoms with Crippen LogP contribution in [0.2, 0.25) is 0 Å². The van der Waals surface area contributed by atoms with Gasteiger partial charge < -0.3 is 15.0 Å². The first-order valence-corrected chi connectivity index (χ1v) is 11.6. The number of aromatic amines is 1. The van der Waals surface area contributed by atoms with Crippen LogP contribution in [0.5, 0.6) is 5.75 Å². The lowest BCUT2D eigenvalue weighted by Gasteiger charge is -2.10. The Bertz CT molecular complexity index is 1290. The van der Waals surface area contributed by atoms with Crippen molar-refractivity contribution in [2.75, 3.05) is 17.7 Å². The summed E-state index contributed by atoms with van der Waals surface area (Å²) in [6.45, 7) is 2.06. The summed E-state index contributed by atoms with van der Waals surface area (Å²) in [6, 6.07) is 7.11. The van der Waals surface area contributed by atoms with Crippen LogP contribution in [0.25, 0.3) is 21.8 Å². The maximum Gasteiger partial charge on any atom is 0.261 e. The molecule has 0 spiro atoms. The molecule has 174 valence electrons. The molecule has 0 saturated carbocycles. The molecule has 0 atom stereocenters. The summed E-state index contributed by atoms with van der Waals surface area (Å²) in [5.41, 5.74) is 3.20. The van der Waals surface area contributed by atoms with E-state index in [1.165, 1.54) is 18.4 Å². The number of nitrogens with zero attached hydrogens (tertiary/aromatic N) is 3. The smallest absolute Gasteiger partial charge is 0.261 e. The SMILES string of the molecule is CCCCC(=O)Nc1csc(-c2cncc(-c3ccc(C(=O)Nc4ncc[nH]4)c(OC)c3)n2)c1. The van der Waals surface area contributed by atoms with Crippen molar-refractivity contribution in [1.29, 1.82) is 0 Å². The first-order chi connectivity index (χ1) is 16.6. The molecule has 4 rings (SSSR count). The van der Waals surface area contributed by atoms with E-state index in [9.17, 15) is 9.59 Å². The minimum Gasteiger partial charge on any atom is -0.496 e. The Morgan fingerprint density at radius 1 is 1.15 bits per heavy atom. The van der Waals surface area contributed by atoms with Crippen molar-refractivity contribution in [3.8, 4) is 27.6 Å². The molecule has 0 aliphatic carbocycles. The van der Waals surface area contributed by atoms with E-state index in [1.54, 1.807) is 43.0 Å². The lowest BCUT2D eigenvalue weighted by Crippen LogP contribution is -2.14. The van der Waals surface area contributed by atoms with Crippen molar-refractivity contribution in [1.82, 2.24) is 19.9 Å². The van der Waals surface area contributed by atoms with E-state index in [2.05, 4.69) is 32.5 Å². The lowest BCUT2D eigenvalue weighted by molar-refractivity contribution is -0.116. The Hall–Kier alpha value is -4.05. The maximum absolute atomic E-state index is 12.6. The highest BCUT2D eigenvalue weighted by Gasteiger charge is 2.16. The summed E-state index contributed by atoms with van der Waals surface area (Å²) < 4.78 is 5.45. The Balaban J connectivity index is 1.53. The van der Waals surface area contributed by atoms with E-state index in [0.29, 0.717) is 35.1 Å². The van der Waals surface area contributed by atoms with Crippen LogP contribution in [-0.2, 0) is 4.79 Å². The molecule has 3 heterocycles. The van der Waals surface area contributed by atoms with E-state index in [0.717, 1.165) is 29.0 Å². The summed E-state index contributed by atoms with van der Waals surface area (Å²) in [5.74, 6) is 0.424. The van der Waals surface area contributed by atoms with Crippen molar-refractivity contribution in [2.45, 2.75) is 26.2 Å². The Morgan fingerprint density at radius 3 is 2.76 bits per heavy atom. The molecular weight excluding hydrogens is 452 g/mol. The fraction of sp³-hybridized carbons (Fsp3) is 0.208. The Kier molecular flexibility index (Phi) is 7.28. The van der Waals surface area contributed by atoms with Crippen molar-refractivity contribution in [2.24, 2.45) is 0 Å². The number of amides is 2. The highest BCUT2D eigenvalue weighted by atomic mass is 32.1. The second-order valence-corrected chi connectivity index (χ2v) is 8.36. The summed E-state index contributed by atoms with van der Waals surface area (Å²) in [5, 5.41) is 7.50. The molecule has 1 aromatic carbocycles. The number of anilines is 2. The predicted molar refractivity (Wildman–Crippen MR) is 132 cm³/mol. The van der Waals surface area contributed by atoms with E-state index >= 15 is 0 Å². The van der Waals surface area contributed by atoms with Gasteiger partial charge in [0.2, 0.25) is 11.9 Å². The molecule has 3 N–H and O–H groups in total. The number of H-pyrrole nitrogens is 1. The quantitative estimate of drug-likeness (QED) is 0.313. The highest BCUT2D eigenvalue weighted by Crippen LogP contribution is 2.31. The average Bonchev–Trinajstić information content (AvgIpc) is 3.54. The van der Waals surface area contributed by atoms with E-state index < -0.39 is 0 Å². The number of imidazole rings is 1. The number of unbranched alkanes of at least 4 members (excludes halogenated alkanes) is 1. The van der Waals surface area contributed by atoms with Gasteiger partial charge in [0.1, 0.15) is 5.75 Å². The molecule has 0 radical (unpaired) electrons. The number of nitrogens with one attached hydrogen (secondary N) is 3. The van der Waals surface area contributed by atoms with Gasteiger partial charge in [0, 0.05) is 29.8 Å². The molecule has 0 aliphatic heterocycles. The van der Waals surface area contributed by atoms with Crippen molar-refractivity contribution in [3.05, 3.63) is 60.0 Å². The molecular formula is C24H24N6O3S. The first-order valence-electron chi connectivity index (χ1n) is 10.8. The summed E-state index contributed by atoms with van der Waals surface area (Å²) in [7, 11) is 1.51. The molecule has 9 nitrogen and oxygen atoms in total. The summed E-state index contributed by atoms with van der Waals surface area (Å²) in [4.78, 5) is 41.4. The molecule has 0 fully saturated rings. The van der Waals surface area contributed by atoms with Gasteiger partial charge in [-0.2, -0.15) is 0 Å². The number of benzene rings is 1. The fourth-order valence-corrected chi connectivity index (χ4v) is 4.06. The molecule has 0 saturated heterocycles. The van der Waals surface area contributed by atoms with Gasteiger partial charge in [-0.3, -0.25) is 19.9 Å². The monoisotopic (exact) mass is 476 g/mol. The third-order valence-corrected chi connectivity index (χ3v) is 5.95. The largest absolute Gasteiger partial charge is 0.496 e. The van der Waals surface area contributed by atoms with Crippen LogP contribution >= 0.6 is 11.3 Å². The second-order valence-electron chi connectivity index (χ2n) is 7.45. The van der Waals surface area contributed by atoms with E-state index in [4.69, 9.17) is 9.72 Å². The van der Waals surface area contributed by atoms with E-state index in [-0.39, 0.29) is 11.8 Å². The highest BCUT2D eigenvalue weighted by molar-refractivity contribution is 7.14. The van der Waals surface area contributed by atoms with Gasteiger partial charge in [-0.1, -0.05) is 19.4 Å². The number of methoxy groups -OCH3 is 1. The number of thiophene rings is 1. The lowest BCUT2D eigenvalue weighted by atomic mass is 10.1. The number of ether oxygens (including phenoxy) is 1. The number of carbonyl (C=O) groups is 2. The molecule has 2 amide bonds. The summed E-state index contributed by atoms with van der Waals surface area (Å²) in [6.07, 6.45) is 8.86. The molecule has 4 aromatic rings. The van der Waals surface area contributed by atoms with Gasteiger partial charge in [-0.25, -0.2) is 9.97 Å². The van der Waals surface area contributed by atoms with Gasteiger partial charge in [-0.05, 0) is 24.6 Å². The fourth-order valence-electron chi connectivity index (χ4n) is 3.27. The van der Waals surface area contributed by atoms with Crippen LogP contribution in [0.4, 0.5) is 11.6 Å². The molecule has 0 aliphatic rings. The Morgan fingerprint density at radius 2 is 2.00 bits per heavy atom. The molecule has 10 heteroatoms. The minimum atomic E-state index is -0.342. The predicted octanol–water partition coefficient (Wildman–Crippen LogP) is 4.98. The van der Waals surface area contributed by atoms with Crippen molar-refractivity contribution in [3.63, 3.8) is 0 Å². The molecule has 0 bridgehead atoms. The Labute approximate surface area is 200 Å². The first kappa shape index (κ1) is 23.1. The standard InChI is InChI=1S/C24H24N6O3S/c1-3-4-5-22(31)28-16-11-21(34-14-16)19-13-25-12-18(29-19)15-6-7-17(20(10-15)33-2)23(32)30-24-26-8-9-27-24/h6-14H,3-5H2,1-2H3,(H,28,31)(H2,26,27,30,32). The number of carbonyl (C=O) groups excluding carboxylic acids is 2. The van der Waals surface area contributed by atoms with E-state index in [1.807, 2.05) is 11.4 Å². The number of rotatable bonds is 9. The topological polar surface area (TPSA) is 122 Å². The minimum absolute atomic E-state index is 0.00861. The number of aromatic nitrogens is 4. The average molecular weight is 477 g/mol. The van der Waals surface area contributed by atoms with Gasteiger partial charge in [0.05, 0.1) is 47.0 Å². The van der Waals surface area contributed by atoms with Crippen molar-refractivity contribution < 1.29 is 14.3 Å². The van der Waals surface area contributed by atoms with Crippen LogP contribution in [0.3, 0.4) is 0 Å². The van der Waals surface area contributed by atoms with Crippen molar-refractivity contribution >= 4 is 34.8 Å². The van der Waals surface area contributed by atoms with Crippen LogP contribution in [0.15, 0.2) is 54.4 Å². The number of hydrogen-bond acceptors (Lipinski definition) is 7. The molecule has 34 heavy (non-hydrogen) atoms. The van der Waals surface area contributed by atoms with Crippen LogP contribution < -0.4 is 15.4 Å². The second kappa shape index (κ2) is 10.7. The van der Waals surface area contributed by atoms with Crippen LogP contribution in [0.1, 0.15) is 36.5 Å². The molecule has 0 unspecified atom stereocenters.